The van der Waals surface area contributed by atoms with Crippen LogP contribution in [-0.2, 0) is 11.8 Å². The van der Waals surface area contributed by atoms with Crippen LogP contribution in [0.3, 0.4) is 0 Å². The zero-order valence-electron chi connectivity index (χ0n) is 12.6. The zero-order valence-corrected chi connectivity index (χ0v) is 13.4. The highest BCUT2D eigenvalue weighted by Crippen LogP contribution is 2.25. The van der Waals surface area contributed by atoms with Crippen LogP contribution in [0.1, 0.15) is 37.5 Å². The monoisotopic (exact) mass is 293 g/mol. The largest absolute Gasteiger partial charge is 0.375 e. The number of hydrogen-bond donors (Lipinski definition) is 1. The molecule has 2 aromatic heterocycles. The molecule has 2 heterocycles. The molecule has 1 atom stereocenters. The molecule has 20 heavy (non-hydrogen) atoms. The third-order valence-electron chi connectivity index (χ3n) is 3.21. The molecule has 2 aromatic rings. The number of imidazole rings is 1. The van der Waals surface area contributed by atoms with E-state index in [1.54, 1.807) is 11.3 Å². The number of ether oxygens (including phenoxy) is 1. The molecular formula is C15H23N3OS. The average Bonchev–Trinajstić information content (AvgIpc) is 3.02. The molecule has 110 valence electrons. The van der Waals surface area contributed by atoms with E-state index in [4.69, 9.17) is 4.74 Å². The van der Waals surface area contributed by atoms with Crippen molar-refractivity contribution in [3.63, 3.8) is 0 Å². The summed E-state index contributed by atoms with van der Waals surface area (Å²) < 4.78 is 7.82. The number of hydrogen-bond acceptors (Lipinski definition) is 4. The summed E-state index contributed by atoms with van der Waals surface area (Å²) in [6, 6.07) is 4.32. The topological polar surface area (TPSA) is 39.1 Å². The number of nitrogens with zero attached hydrogens (tertiary/aromatic N) is 2. The number of nitrogens with one attached hydrogen (secondary N) is 1. The van der Waals surface area contributed by atoms with Gasteiger partial charge in [-0.15, -0.1) is 11.3 Å². The Morgan fingerprint density at radius 3 is 2.85 bits per heavy atom. The molecule has 0 aliphatic carbocycles. The van der Waals surface area contributed by atoms with Crippen molar-refractivity contribution in [3.8, 4) is 0 Å². The van der Waals surface area contributed by atoms with E-state index in [9.17, 15) is 0 Å². The van der Waals surface area contributed by atoms with Crippen molar-refractivity contribution < 1.29 is 4.74 Å². The van der Waals surface area contributed by atoms with Crippen molar-refractivity contribution >= 4 is 11.3 Å². The van der Waals surface area contributed by atoms with Crippen LogP contribution >= 0.6 is 11.3 Å². The van der Waals surface area contributed by atoms with Gasteiger partial charge >= 0.3 is 0 Å². The molecule has 4 nitrogen and oxygen atoms in total. The maximum Gasteiger partial charge on any atom is 0.131 e. The zero-order chi connectivity index (χ0) is 14.6. The van der Waals surface area contributed by atoms with E-state index >= 15 is 0 Å². The summed E-state index contributed by atoms with van der Waals surface area (Å²) in [6.45, 7) is 7.73. The van der Waals surface area contributed by atoms with Crippen LogP contribution in [0.4, 0.5) is 0 Å². The van der Waals surface area contributed by atoms with Gasteiger partial charge in [0.25, 0.3) is 0 Å². The summed E-state index contributed by atoms with van der Waals surface area (Å²) in [6.07, 6.45) is 3.82. The Morgan fingerprint density at radius 1 is 1.50 bits per heavy atom. The van der Waals surface area contributed by atoms with Crippen LogP contribution in [0.25, 0.3) is 0 Å². The lowest BCUT2D eigenvalue weighted by Crippen LogP contribution is -2.40. The molecule has 2 rings (SSSR count). The lowest BCUT2D eigenvalue weighted by molar-refractivity contribution is -0.0100. The predicted molar refractivity (Wildman–Crippen MR) is 83.1 cm³/mol. The van der Waals surface area contributed by atoms with Crippen LogP contribution in [0, 0.1) is 0 Å². The van der Waals surface area contributed by atoms with Crippen LogP contribution in [0.5, 0.6) is 0 Å². The summed E-state index contributed by atoms with van der Waals surface area (Å²) in [7, 11) is 2.03. The van der Waals surface area contributed by atoms with Crippen LogP contribution in [0.15, 0.2) is 29.9 Å². The molecule has 1 unspecified atom stereocenters. The summed E-state index contributed by atoms with van der Waals surface area (Å²) in [4.78, 5) is 5.76. The lowest BCUT2D eigenvalue weighted by atomic mass is 10.1. The van der Waals surface area contributed by atoms with Crippen molar-refractivity contribution in [3.05, 3.63) is 40.6 Å². The predicted octanol–water partition coefficient (Wildman–Crippen LogP) is 2.98. The van der Waals surface area contributed by atoms with Gasteiger partial charge < -0.3 is 14.6 Å². The fraction of sp³-hybridized carbons (Fsp3) is 0.533. The molecular weight excluding hydrogens is 270 g/mol. The first kappa shape index (κ1) is 15.2. The first-order valence-corrected chi connectivity index (χ1v) is 7.79. The number of aryl methyl sites for hydroxylation is 1. The molecule has 0 amide bonds. The van der Waals surface area contributed by atoms with E-state index in [0.717, 1.165) is 19.0 Å². The molecule has 0 saturated carbocycles. The Bertz CT molecular complexity index is 519. The first-order valence-electron chi connectivity index (χ1n) is 6.91. The van der Waals surface area contributed by atoms with Gasteiger partial charge in [0.2, 0.25) is 0 Å². The Labute approximate surface area is 124 Å². The fourth-order valence-corrected chi connectivity index (χ4v) is 3.02. The van der Waals surface area contributed by atoms with Gasteiger partial charge in [0.15, 0.2) is 0 Å². The highest BCUT2D eigenvalue weighted by atomic mass is 32.1. The van der Waals surface area contributed by atoms with Crippen LogP contribution < -0.4 is 5.32 Å². The van der Waals surface area contributed by atoms with E-state index in [0.29, 0.717) is 0 Å². The van der Waals surface area contributed by atoms with E-state index in [1.807, 2.05) is 26.4 Å². The smallest absolute Gasteiger partial charge is 0.131 e. The Balaban J connectivity index is 2.15. The molecule has 0 radical (unpaired) electrons. The van der Waals surface area contributed by atoms with Crippen molar-refractivity contribution in [2.45, 2.75) is 32.4 Å². The summed E-state index contributed by atoms with van der Waals surface area (Å²) >= 11 is 1.75. The fourth-order valence-electron chi connectivity index (χ4n) is 2.22. The standard InChI is InChI=1S/C15H23N3OS/c1-5-19-15(2,3)11-17-13(12-7-6-10-20-12)14-16-8-9-18(14)4/h6-10,13,17H,5,11H2,1-4H3. The van der Waals surface area contributed by atoms with Gasteiger partial charge in [0.1, 0.15) is 11.9 Å². The van der Waals surface area contributed by atoms with Gasteiger partial charge in [-0.2, -0.15) is 0 Å². The maximum atomic E-state index is 5.76. The van der Waals surface area contributed by atoms with Gasteiger partial charge in [-0.3, -0.25) is 0 Å². The van der Waals surface area contributed by atoms with Gasteiger partial charge in [-0.05, 0) is 32.2 Å². The second-order valence-electron chi connectivity index (χ2n) is 5.42. The highest BCUT2D eigenvalue weighted by Gasteiger charge is 2.24. The highest BCUT2D eigenvalue weighted by molar-refractivity contribution is 7.10. The minimum atomic E-state index is -0.185. The molecule has 0 spiro atoms. The molecule has 5 heteroatoms. The van der Waals surface area contributed by atoms with Crippen LogP contribution in [0.2, 0.25) is 0 Å². The molecule has 0 fully saturated rings. The molecule has 0 aliphatic rings. The van der Waals surface area contributed by atoms with Crippen molar-refractivity contribution in [2.75, 3.05) is 13.2 Å². The number of rotatable bonds is 7. The number of aromatic nitrogens is 2. The molecule has 0 bridgehead atoms. The van der Waals surface area contributed by atoms with E-state index in [-0.39, 0.29) is 11.6 Å². The minimum absolute atomic E-state index is 0.106. The van der Waals surface area contributed by atoms with Crippen molar-refractivity contribution in [1.29, 1.82) is 0 Å². The summed E-state index contributed by atoms with van der Waals surface area (Å²) in [5, 5.41) is 5.69. The second kappa shape index (κ2) is 6.52. The second-order valence-corrected chi connectivity index (χ2v) is 6.40. The van der Waals surface area contributed by atoms with Gasteiger partial charge in [-0.25, -0.2) is 4.98 Å². The van der Waals surface area contributed by atoms with Crippen molar-refractivity contribution in [1.82, 2.24) is 14.9 Å². The molecule has 0 aliphatic heterocycles. The average molecular weight is 293 g/mol. The van der Waals surface area contributed by atoms with E-state index in [1.165, 1.54) is 4.88 Å². The SMILES string of the molecule is CCOC(C)(C)CNC(c1cccs1)c1nccn1C. The lowest BCUT2D eigenvalue weighted by Gasteiger charge is -2.28. The van der Waals surface area contributed by atoms with Gasteiger partial charge in [0, 0.05) is 37.5 Å². The third-order valence-corrected chi connectivity index (χ3v) is 4.15. The third kappa shape index (κ3) is 3.69. The molecule has 0 saturated heterocycles. The normalized spacial score (nSPS) is 13.6. The Hall–Kier alpha value is -1.17. The van der Waals surface area contributed by atoms with Crippen molar-refractivity contribution in [2.24, 2.45) is 7.05 Å². The molecule has 0 aromatic carbocycles. The van der Waals surface area contributed by atoms with Gasteiger partial charge in [0.05, 0.1) is 5.60 Å². The minimum Gasteiger partial charge on any atom is -0.375 e. The Morgan fingerprint density at radius 2 is 2.30 bits per heavy atom. The van der Waals surface area contributed by atoms with E-state index in [2.05, 4.69) is 46.2 Å². The quantitative estimate of drug-likeness (QED) is 0.853. The Kier molecular flexibility index (Phi) is 4.96. The van der Waals surface area contributed by atoms with Gasteiger partial charge in [-0.1, -0.05) is 6.07 Å². The molecule has 1 N–H and O–H groups in total. The van der Waals surface area contributed by atoms with E-state index < -0.39 is 0 Å². The maximum absolute atomic E-state index is 5.76. The first-order chi connectivity index (χ1) is 9.53. The summed E-state index contributed by atoms with van der Waals surface area (Å²) in [5.41, 5.74) is -0.185. The summed E-state index contributed by atoms with van der Waals surface area (Å²) in [5.74, 6) is 1.03. The number of thiophene rings is 1. The van der Waals surface area contributed by atoms with Crippen LogP contribution in [-0.4, -0.2) is 28.3 Å².